The summed E-state index contributed by atoms with van der Waals surface area (Å²) in [7, 11) is 0. The number of piperidine rings is 1. The van der Waals surface area contributed by atoms with Crippen molar-refractivity contribution < 1.29 is 9.53 Å². The molecule has 0 bridgehead atoms. The minimum absolute atomic E-state index is 0.0326. The zero-order valence-corrected chi connectivity index (χ0v) is 15.7. The highest BCUT2D eigenvalue weighted by atomic mass is 16.5. The molecule has 1 aliphatic heterocycles. The predicted octanol–water partition coefficient (Wildman–Crippen LogP) is 3.54. The van der Waals surface area contributed by atoms with E-state index in [0.717, 1.165) is 43.8 Å². The van der Waals surface area contributed by atoms with Crippen LogP contribution in [0.3, 0.4) is 0 Å². The van der Waals surface area contributed by atoms with Crippen molar-refractivity contribution in [1.29, 1.82) is 0 Å². The van der Waals surface area contributed by atoms with Crippen molar-refractivity contribution >= 4 is 5.91 Å². The number of carbonyl (C=O) groups excluding carboxylic acids is 1. The van der Waals surface area contributed by atoms with E-state index in [-0.39, 0.29) is 11.9 Å². The van der Waals surface area contributed by atoms with Gasteiger partial charge in [-0.3, -0.25) is 9.69 Å². The number of benzene rings is 2. The molecule has 2 aromatic rings. The van der Waals surface area contributed by atoms with E-state index in [4.69, 9.17) is 4.74 Å². The van der Waals surface area contributed by atoms with E-state index in [1.807, 2.05) is 44.2 Å². The highest BCUT2D eigenvalue weighted by Gasteiger charge is 2.23. The quantitative estimate of drug-likeness (QED) is 0.864. The highest BCUT2D eigenvalue weighted by molar-refractivity contribution is 5.81. The summed E-state index contributed by atoms with van der Waals surface area (Å²) >= 11 is 0. The van der Waals surface area contributed by atoms with Gasteiger partial charge in [-0.2, -0.15) is 0 Å². The smallest absolute Gasteiger partial charge is 0.260 e. The van der Waals surface area contributed by atoms with Gasteiger partial charge in [0.2, 0.25) is 0 Å². The number of para-hydroxylation sites is 1. The minimum Gasteiger partial charge on any atom is -0.481 e. The maximum Gasteiger partial charge on any atom is 0.260 e. The number of ether oxygens (including phenoxy) is 1. The van der Waals surface area contributed by atoms with Crippen LogP contribution in [0, 0.1) is 6.92 Å². The third-order valence-electron chi connectivity index (χ3n) is 4.95. The molecule has 1 heterocycles. The van der Waals surface area contributed by atoms with Gasteiger partial charge >= 0.3 is 0 Å². The Bertz CT molecular complexity index is 709. The third kappa shape index (κ3) is 5.09. The lowest BCUT2D eigenvalue weighted by Gasteiger charge is -2.32. The van der Waals surface area contributed by atoms with Crippen LogP contribution in [0.4, 0.5) is 0 Å². The summed E-state index contributed by atoms with van der Waals surface area (Å²) in [5.74, 6) is 0.739. The molecular weight excluding hydrogens is 324 g/mol. The highest BCUT2D eigenvalue weighted by Crippen LogP contribution is 2.18. The molecule has 4 nitrogen and oxygen atoms in total. The van der Waals surface area contributed by atoms with Crippen molar-refractivity contribution in [2.75, 3.05) is 13.1 Å². The minimum atomic E-state index is -0.488. The molecule has 1 atom stereocenters. The van der Waals surface area contributed by atoms with E-state index in [0.29, 0.717) is 0 Å². The third-order valence-corrected chi connectivity index (χ3v) is 4.95. The fraction of sp³-hybridized carbons (Fsp3) is 0.409. The van der Waals surface area contributed by atoms with Gasteiger partial charge in [-0.15, -0.1) is 0 Å². The molecule has 1 fully saturated rings. The van der Waals surface area contributed by atoms with Crippen molar-refractivity contribution in [3.8, 4) is 5.75 Å². The SMILES string of the molecule is Cc1ccccc1OC(C)C(=O)NC1CCN(Cc2ccccc2)CC1. The molecule has 0 aromatic heterocycles. The average molecular weight is 352 g/mol. The van der Waals surface area contributed by atoms with Crippen LogP contribution in [0.25, 0.3) is 0 Å². The van der Waals surface area contributed by atoms with Crippen molar-refractivity contribution in [3.63, 3.8) is 0 Å². The Labute approximate surface area is 156 Å². The molecule has 0 spiro atoms. The van der Waals surface area contributed by atoms with Crippen LogP contribution in [0.15, 0.2) is 54.6 Å². The Hall–Kier alpha value is -2.33. The first-order valence-electron chi connectivity index (χ1n) is 9.41. The van der Waals surface area contributed by atoms with Gasteiger partial charge in [-0.1, -0.05) is 48.5 Å². The number of nitrogens with zero attached hydrogens (tertiary/aromatic N) is 1. The Morgan fingerprint density at radius 1 is 1.12 bits per heavy atom. The summed E-state index contributed by atoms with van der Waals surface area (Å²) in [6, 6.07) is 18.6. The standard InChI is InChI=1S/C22H28N2O2/c1-17-8-6-7-11-21(17)26-18(2)22(25)23-20-12-14-24(15-13-20)16-19-9-4-3-5-10-19/h3-11,18,20H,12-16H2,1-2H3,(H,23,25). The number of rotatable bonds is 6. The molecule has 2 aromatic carbocycles. The van der Waals surface area contributed by atoms with Crippen LogP contribution >= 0.6 is 0 Å². The first-order chi connectivity index (χ1) is 12.6. The van der Waals surface area contributed by atoms with Crippen LogP contribution in [-0.4, -0.2) is 36.0 Å². The largest absolute Gasteiger partial charge is 0.481 e. The Morgan fingerprint density at radius 3 is 2.46 bits per heavy atom. The van der Waals surface area contributed by atoms with E-state index in [9.17, 15) is 4.79 Å². The number of aryl methyl sites for hydroxylation is 1. The molecule has 1 aliphatic rings. The molecular formula is C22H28N2O2. The lowest BCUT2D eigenvalue weighted by atomic mass is 10.0. The molecule has 1 amide bonds. The summed E-state index contributed by atoms with van der Waals surface area (Å²) in [5.41, 5.74) is 2.39. The number of carbonyl (C=O) groups is 1. The molecule has 0 aliphatic carbocycles. The van der Waals surface area contributed by atoms with Crippen LogP contribution in [0.1, 0.15) is 30.9 Å². The van der Waals surface area contributed by atoms with Gasteiger partial charge in [0.05, 0.1) is 0 Å². The van der Waals surface area contributed by atoms with Crippen molar-refractivity contribution in [2.45, 2.75) is 45.4 Å². The topological polar surface area (TPSA) is 41.6 Å². The summed E-state index contributed by atoms with van der Waals surface area (Å²) in [5, 5.41) is 3.15. The number of hydrogen-bond donors (Lipinski definition) is 1. The van der Waals surface area contributed by atoms with Gasteiger partial charge in [0.15, 0.2) is 6.10 Å². The van der Waals surface area contributed by atoms with E-state index < -0.39 is 6.10 Å². The number of hydrogen-bond acceptors (Lipinski definition) is 3. The van der Waals surface area contributed by atoms with Crippen LogP contribution in [0.5, 0.6) is 5.75 Å². The molecule has 4 heteroatoms. The fourth-order valence-corrected chi connectivity index (χ4v) is 3.33. The molecule has 1 N–H and O–H groups in total. The van der Waals surface area contributed by atoms with Gasteiger partial charge in [-0.05, 0) is 43.9 Å². The second-order valence-corrected chi connectivity index (χ2v) is 7.07. The molecule has 138 valence electrons. The lowest BCUT2D eigenvalue weighted by molar-refractivity contribution is -0.128. The van der Waals surface area contributed by atoms with Crippen molar-refractivity contribution in [3.05, 3.63) is 65.7 Å². The second kappa shape index (κ2) is 8.86. The zero-order valence-electron chi connectivity index (χ0n) is 15.7. The second-order valence-electron chi connectivity index (χ2n) is 7.07. The first-order valence-corrected chi connectivity index (χ1v) is 9.41. The van der Waals surface area contributed by atoms with E-state index in [1.54, 1.807) is 0 Å². The molecule has 0 radical (unpaired) electrons. The monoisotopic (exact) mass is 352 g/mol. The molecule has 1 unspecified atom stereocenters. The maximum absolute atomic E-state index is 12.4. The molecule has 1 saturated heterocycles. The Morgan fingerprint density at radius 2 is 1.77 bits per heavy atom. The summed E-state index contributed by atoms with van der Waals surface area (Å²) in [6.45, 7) is 6.79. The number of amides is 1. The Kier molecular flexibility index (Phi) is 6.29. The number of likely N-dealkylation sites (tertiary alicyclic amines) is 1. The summed E-state index contributed by atoms with van der Waals surface area (Å²) in [6.07, 6.45) is 1.48. The van der Waals surface area contributed by atoms with E-state index >= 15 is 0 Å². The van der Waals surface area contributed by atoms with Gasteiger partial charge in [0.1, 0.15) is 5.75 Å². The van der Waals surface area contributed by atoms with Gasteiger partial charge in [-0.25, -0.2) is 0 Å². The predicted molar refractivity (Wildman–Crippen MR) is 104 cm³/mol. The zero-order chi connectivity index (χ0) is 18.4. The first kappa shape index (κ1) is 18.5. The van der Waals surface area contributed by atoms with E-state index in [1.165, 1.54) is 5.56 Å². The summed E-state index contributed by atoms with van der Waals surface area (Å²) in [4.78, 5) is 14.9. The van der Waals surface area contributed by atoms with Crippen LogP contribution in [-0.2, 0) is 11.3 Å². The van der Waals surface area contributed by atoms with Crippen molar-refractivity contribution in [2.24, 2.45) is 0 Å². The van der Waals surface area contributed by atoms with Gasteiger partial charge in [0, 0.05) is 25.7 Å². The fourth-order valence-electron chi connectivity index (χ4n) is 3.33. The Balaban J connectivity index is 1.43. The average Bonchev–Trinajstić information content (AvgIpc) is 2.66. The lowest BCUT2D eigenvalue weighted by Crippen LogP contribution is -2.47. The van der Waals surface area contributed by atoms with Crippen LogP contribution in [0.2, 0.25) is 0 Å². The maximum atomic E-state index is 12.4. The molecule has 3 rings (SSSR count). The molecule has 26 heavy (non-hydrogen) atoms. The molecule has 0 saturated carbocycles. The summed E-state index contributed by atoms with van der Waals surface area (Å²) < 4.78 is 5.83. The van der Waals surface area contributed by atoms with Crippen LogP contribution < -0.4 is 10.1 Å². The van der Waals surface area contributed by atoms with Gasteiger partial charge in [0.25, 0.3) is 5.91 Å². The van der Waals surface area contributed by atoms with Gasteiger partial charge < -0.3 is 10.1 Å². The normalized spacial score (nSPS) is 16.8. The number of nitrogens with one attached hydrogen (secondary N) is 1. The van der Waals surface area contributed by atoms with E-state index in [2.05, 4.69) is 34.5 Å². The van der Waals surface area contributed by atoms with Crippen molar-refractivity contribution in [1.82, 2.24) is 10.2 Å².